The zero-order valence-corrected chi connectivity index (χ0v) is 7.14. The lowest BCUT2D eigenvalue weighted by Crippen LogP contribution is -1.98. The number of nitrogen functional groups attached to an aromatic ring is 2. The van der Waals surface area contributed by atoms with Gasteiger partial charge in [0.15, 0.2) is 0 Å². The van der Waals surface area contributed by atoms with Gasteiger partial charge in [0.2, 0.25) is 0 Å². The second-order valence-corrected chi connectivity index (χ2v) is 2.88. The molecular weight excluding hydrogens is 194 g/mol. The van der Waals surface area contributed by atoms with E-state index in [0.29, 0.717) is 11.5 Å². The molecule has 4 heteroatoms. The first-order chi connectivity index (χ1) is 4.61. The van der Waals surface area contributed by atoms with Crippen LogP contribution >= 0.6 is 15.9 Å². The van der Waals surface area contributed by atoms with Gasteiger partial charge in [0.25, 0.3) is 0 Å². The van der Waals surface area contributed by atoms with Crippen molar-refractivity contribution >= 4 is 27.4 Å². The van der Waals surface area contributed by atoms with Crippen molar-refractivity contribution in [2.24, 2.45) is 0 Å². The minimum absolute atomic E-state index is 0.478. The number of anilines is 2. The molecule has 0 amide bonds. The molecule has 0 atom stereocenters. The van der Waals surface area contributed by atoms with Crippen LogP contribution in [0.5, 0.6) is 0 Å². The van der Waals surface area contributed by atoms with E-state index < -0.39 is 0 Å². The molecule has 0 unspecified atom stereocenters. The van der Waals surface area contributed by atoms with Gasteiger partial charge >= 0.3 is 0 Å². The van der Waals surface area contributed by atoms with E-state index in [-0.39, 0.29) is 0 Å². The van der Waals surface area contributed by atoms with Crippen molar-refractivity contribution in [2.45, 2.75) is 6.92 Å². The van der Waals surface area contributed by atoms with Crippen LogP contribution in [0.3, 0.4) is 0 Å². The zero-order chi connectivity index (χ0) is 7.72. The molecule has 1 aromatic rings. The van der Waals surface area contributed by atoms with E-state index in [0.717, 1.165) is 10.2 Å². The largest absolute Gasteiger partial charge is 0.397 e. The molecule has 1 aromatic heterocycles. The van der Waals surface area contributed by atoms with Crippen LogP contribution in [0.2, 0.25) is 0 Å². The number of aryl methyl sites for hydroxylation is 1. The van der Waals surface area contributed by atoms with E-state index in [4.69, 9.17) is 11.5 Å². The third kappa shape index (κ3) is 1.21. The summed E-state index contributed by atoms with van der Waals surface area (Å²) in [5, 5.41) is 0. The van der Waals surface area contributed by atoms with Gasteiger partial charge in [-0.05, 0) is 28.9 Å². The van der Waals surface area contributed by atoms with Crippen LogP contribution in [0.1, 0.15) is 5.69 Å². The Morgan fingerprint density at radius 3 is 2.60 bits per heavy atom. The van der Waals surface area contributed by atoms with Crippen LogP contribution < -0.4 is 11.5 Å². The fourth-order valence-electron chi connectivity index (χ4n) is 0.614. The van der Waals surface area contributed by atoms with Crippen molar-refractivity contribution in [1.82, 2.24) is 4.98 Å². The molecule has 0 bridgehead atoms. The highest BCUT2D eigenvalue weighted by Crippen LogP contribution is 2.21. The highest BCUT2D eigenvalue weighted by molar-refractivity contribution is 9.10. The Morgan fingerprint density at radius 1 is 1.50 bits per heavy atom. The van der Waals surface area contributed by atoms with Crippen molar-refractivity contribution in [3.63, 3.8) is 0 Å². The average molecular weight is 202 g/mol. The van der Waals surface area contributed by atoms with E-state index >= 15 is 0 Å². The fraction of sp³-hybridized carbons (Fsp3) is 0.167. The van der Waals surface area contributed by atoms with Crippen molar-refractivity contribution in [3.05, 3.63) is 16.2 Å². The fourth-order valence-corrected chi connectivity index (χ4v) is 0.949. The van der Waals surface area contributed by atoms with Crippen LogP contribution in [0, 0.1) is 6.92 Å². The molecule has 0 radical (unpaired) electrons. The van der Waals surface area contributed by atoms with Crippen molar-refractivity contribution in [2.75, 3.05) is 11.5 Å². The van der Waals surface area contributed by atoms with Gasteiger partial charge in [-0.15, -0.1) is 0 Å². The summed E-state index contributed by atoms with van der Waals surface area (Å²) >= 11 is 3.21. The summed E-state index contributed by atoms with van der Waals surface area (Å²) in [6.07, 6.45) is 0. The Balaban J connectivity index is 3.28. The number of pyridine rings is 1. The van der Waals surface area contributed by atoms with Crippen LogP contribution in [-0.2, 0) is 0 Å². The Kier molecular flexibility index (Phi) is 1.80. The van der Waals surface area contributed by atoms with Crippen LogP contribution in [-0.4, -0.2) is 4.98 Å². The highest BCUT2D eigenvalue weighted by atomic mass is 79.9. The zero-order valence-electron chi connectivity index (χ0n) is 5.56. The Bertz CT molecular complexity index is 209. The number of halogens is 1. The molecule has 0 aromatic carbocycles. The molecule has 54 valence electrons. The first-order valence-corrected chi connectivity index (χ1v) is 3.58. The van der Waals surface area contributed by atoms with Crippen molar-refractivity contribution in [1.29, 1.82) is 0 Å². The maximum atomic E-state index is 5.54. The van der Waals surface area contributed by atoms with Crippen molar-refractivity contribution in [3.8, 4) is 0 Å². The maximum absolute atomic E-state index is 5.54. The van der Waals surface area contributed by atoms with Gasteiger partial charge in [-0.3, -0.25) is 0 Å². The second kappa shape index (κ2) is 2.46. The SMILES string of the molecule is Cc1nc(N)c(Br)cc1N. The molecule has 0 spiro atoms. The minimum Gasteiger partial charge on any atom is -0.397 e. The number of hydrogen-bond acceptors (Lipinski definition) is 3. The maximum Gasteiger partial charge on any atom is 0.138 e. The third-order valence-electron chi connectivity index (χ3n) is 1.23. The first-order valence-electron chi connectivity index (χ1n) is 2.79. The van der Waals surface area contributed by atoms with Gasteiger partial charge in [0, 0.05) is 0 Å². The minimum atomic E-state index is 0.478. The van der Waals surface area contributed by atoms with E-state index in [1.165, 1.54) is 0 Å². The van der Waals surface area contributed by atoms with Gasteiger partial charge in [-0.1, -0.05) is 0 Å². The quantitative estimate of drug-likeness (QED) is 0.666. The molecule has 0 aliphatic carbocycles. The lowest BCUT2D eigenvalue weighted by atomic mass is 10.3. The third-order valence-corrected chi connectivity index (χ3v) is 1.87. The predicted octanol–water partition coefficient (Wildman–Crippen LogP) is 1.32. The standard InChI is InChI=1S/C6H8BrN3/c1-3-5(8)2-4(7)6(9)10-3/h2H,8H2,1H3,(H2,9,10). The van der Waals surface area contributed by atoms with Gasteiger partial charge in [0.05, 0.1) is 15.9 Å². The second-order valence-electron chi connectivity index (χ2n) is 2.03. The first kappa shape index (κ1) is 7.34. The molecule has 0 aliphatic rings. The number of rotatable bonds is 0. The number of nitrogens with zero attached hydrogens (tertiary/aromatic N) is 1. The summed E-state index contributed by atoms with van der Waals surface area (Å²) in [4.78, 5) is 3.98. The van der Waals surface area contributed by atoms with Gasteiger partial charge in [-0.25, -0.2) is 4.98 Å². The number of nitrogens with two attached hydrogens (primary N) is 2. The summed E-state index contributed by atoms with van der Waals surface area (Å²) in [5.74, 6) is 0.478. The molecule has 1 rings (SSSR count). The summed E-state index contributed by atoms with van der Waals surface area (Å²) in [6.45, 7) is 1.82. The molecule has 3 nitrogen and oxygen atoms in total. The molecular formula is C6H8BrN3. The Hall–Kier alpha value is -0.770. The summed E-state index contributed by atoms with van der Waals surface area (Å²) in [5.41, 5.74) is 12.4. The Labute approximate surface area is 67.6 Å². The lowest BCUT2D eigenvalue weighted by Gasteiger charge is -2.01. The van der Waals surface area contributed by atoms with E-state index in [1.54, 1.807) is 6.07 Å². The molecule has 0 aliphatic heterocycles. The molecule has 0 saturated heterocycles. The predicted molar refractivity (Wildman–Crippen MR) is 45.5 cm³/mol. The molecule has 1 heterocycles. The normalized spacial score (nSPS) is 9.80. The van der Waals surface area contributed by atoms with Crippen LogP contribution in [0.4, 0.5) is 11.5 Å². The number of aromatic nitrogens is 1. The smallest absolute Gasteiger partial charge is 0.138 e. The molecule has 10 heavy (non-hydrogen) atoms. The molecule has 4 N–H and O–H groups in total. The summed E-state index contributed by atoms with van der Waals surface area (Å²) in [7, 11) is 0. The molecule has 0 fully saturated rings. The van der Waals surface area contributed by atoms with E-state index in [2.05, 4.69) is 20.9 Å². The Morgan fingerprint density at radius 2 is 2.10 bits per heavy atom. The molecule has 0 saturated carbocycles. The monoisotopic (exact) mass is 201 g/mol. The van der Waals surface area contributed by atoms with Gasteiger partial charge in [0.1, 0.15) is 5.82 Å². The van der Waals surface area contributed by atoms with E-state index in [1.807, 2.05) is 6.92 Å². The number of hydrogen-bond donors (Lipinski definition) is 2. The van der Waals surface area contributed by atoms with Crippen LogP contribution in [0.25, 0.3) is 0 Å². The van der Waals surface area contributed by atoms with Gasteiger partial charge < -0.3 is 11.5 Å². The lowest BCUT2D eigenvalue weighted by molar-refractivity contribution is 1.21. The van der Waals surface area contributed by atoms with Crippen LogP contribution in [0.15, 0.2) is 10.5 Å². The topological polar surface area (TPSA) is 64.9 Å². The highest BCUT2D eigenvalue weighted by Gasteiger charge is 1.99. The van der Waals surface area contributed by atoms with Crippen molar-refractivity contribution < 1.29 is 0 Å². The average Bonchev–Trinajstić information content (AvgIpc) is 1.84. The van der Waals surface area contributed by atoms with E-state index in [9.17, 15) is 0 Å². The summed E-state index contributed by atoms with van der Waals surface area (Å²) < 4.78 is 0.746. The van der Waals surface area contributed by atoms with Gasteiger partial charge in [-0.2, -0.15) is 0 Å². The summed E-state index contributed by atoms with van der Waals surface area (Å²) in [6, 6.07) is 1.75.